The molecule has 12 heteroatoms. The number of hydrogen-bond donors (Lipinski definition) is 2. The Morgan fingerprint density at radius 3 is 1.95 bits per heavy atom. The molecule has 2 aromatic carbocycles. The van der Waals surface area contributed by atoms with Gasteiger partial charge in [-0.2, -0.15) is 0 Å². The lowest BCUT2D eigenvalue weighted by molar-refractivity contribution is -0.140. The summed E-state index contributed by atoms with van der Waals surface area (Å²) < 4.78 is 61.7. The van der Waals surface area contributed by atoms with E-state index in [0.29, 0.717) is 11.4 Å². The smallest absolute Gasteiger partial charge is 0.273 e. The summed E-state index contributed by atoms with van der Waals surface area (Å²) in [5, 5.41) is 2.69. The number of Topliss-reactive ketones (excluding diaryl/α,β-unsaturated/α-hetero) is 1. The van der Waals surface area contributed by atoms with Gasteiger partial charge < -0.3 is 14.8 Å². The van der Waals surface area contributed by atoms with Gasteiger partial charge in [0.15, 0.2) is 15.6 Å². The molecule has 2 rings (SSSR count). The van der Waals surface area contributed by atoms with Crippen molar-refractivity contribution in [2.24, 2.45) is 5.41 Å². The summed E-state index contributed by atoms with van der Waals surface area (Å²) >= 11 is 0. The maximum absolute atomic E-state index is 13.4. The van der Waals surface area contributed by atoms with Gasteiger partial charge in [0.1, 0.15) is 11.5 Å². The first kappa shape index (κ1) is 30.1. The molecule has 37 heavy (non-hydrogen) atoms. The molecule has 2 aromatic rings. The van der Waals surface area contributed by atoms with E-state index in [1.807, 2.05) is 26.8 Å². The van der Waals surface area contributed by atoms with Crippen LogP contribution >= 0.6 is 0 Å². The van der Waals surface area contributed by atoms with Crippen molar-refractivity contribution in [3.8, 4) is 11.5 Å². The van der Waals surface area contributed by atoms with Crippen LogP contribution in [0.3, 0.4) is 0 Å². The van der Waals surface area contributed by atoms with Gasteiger partial charge in [0.25, 0.3) is 5.91 Å². The Morgan fingerprint density at radius 1 is 0.865 bits per heavy atom. The van der Waals surface area contributed by atoms with E-state index in [9.17, 15) is 26.4 Å². The molecule has 0 fully saturated rings. The SMILES string of the molecule is Cc1ccc(OC(C)C)c(NC(=O)C(Oc2ccc(S(C)(=O)=O)cc2NS(C)(=O)=O)C(=O)C(C)(C)C)c1. The van der Waals surface area contributed by atoms with E-state index in [0.717, 1.165) is 24.1 Å². The third-order valence-corrected chi connectivity index (χ3v) is 6.59. The number of amides is 1. The Labute approximate surface area is 218 Å². The van der Waals surface area contributed by atoms with E-state index >= 15 is 0 Å². The Kier molecular flexibility index (Phi) is 9.03. The Hall–Kier alpha value is -3.12. The van der Waals surface area contributed by atoms with Gasteiger partial charge in [0.05, 0.1) is 28.6 Å². The first-order chi connectivity index (χ1) is 16.8. The minimum absolute atomic E-state index is 0.176. The van der Waals surface area contributed by atoms with Crippen LogP contribution in [0.2, 0.25) is 0 Å². The fourth-order valence-corrected chi connectivity index (χ4v) is 4.37. The molecule has 2 N–H and O–H groups in total. The van der Waals surface area contributed by atoms with Gasteiger partial charge in [0.2, 0.25) is 16.1 Å². The van der Waals surface area contributed by atoms with Gasteiger partial charge in [-0.05, 0) is 56.7 Å². The van der Waals surface area contributed by atoms with Gasteiger partial charge >= 0.3 is 0 Å². The third-order valence-electron chi connectivity index (χ3n) is 4.89. The van der Waals surface area contributed by atoms with E-state index < -0.39 is 43.1 Å². The molecule has 1 atom stereocenters. The van der Waals surface area contributed by atoms with Crippen molar-refractivity contribution in [1.82, 2.24) is 0 Å². The van der Waals surface area contributed by atoms with Crippen LogP contribution in [0.1, 0.15) is 40.2 Å². The van der Waals surface area contributed by atoms with E-state index in [1.54, 1.807) is 32.9 Å². The number of carbonyl (C=O) groups excluding carboxylic acids is 2. The van der Waals surface area contributed by atoms with Crippen molar-refractivity contribution in [1.29, 1.82) is 0 Å². The van der Waals surface area contributed by atoms with Gasteiger partial charge in [-0.25, -0.2) is 16.8 Å². The monoisotopic (exact) mass is 554 g/mol. The predicted molar refractivity (Wildman–Crippen MR) is 142 cm³/mol. The number of carbonyl (C=O) groups is 2. The quantitative estimate of drug-likeness (QED) is 0.424. The number of nitrogens with one attached hydrogen (secondary N) is 2. The highest BCUT2D eigenvalue weighted by molar-refractivity contribution is 7.92. The molecule has 0 aliphatic heterocycles. The second kappa shape index (κ2) is 11.1. The van der Waals surface area contributed by atoms with Crippen molar-refractivity contribution in [2.45, 2.75) is 58.6 Å². The first-order valence-corrected chi connectivity index (χ1v) is 15.2. The number of ether oxygens (including phenoxy) is 2. The number of hydrogen-bond acceptors (Lipinski definition) is 8. The van der Waals surface area contributed by atoms with Gasteiger partial charge in [-0.3, -0.25) is 14.3 Å². The maximum atomic E-state index is 13.4. The summed E-state index contributed by atoms with van der Waals surface area (Å²) in [7, 11) is -7.56. The molecule has 0 heterocycles. The van der Waals surface area contributed by atoms with Gasteiger partial charge in [-0.1, -0.05) is 26.8 Å². The molecule has 10 nitrogen and oxygen atoms in total. The molecule has 0 aliphatic carbocycles. The maximum Gasteiger partial charge on any atom is 0.273 e. The highest BCUT2D eigenvalue weighted by Gasteiger charge is 2.37. The highest BCUT2D eigenvalue weighted by atomic mass is 32.2. The van der Waals surface area contributed by atoms with Crippen LogP contribution in [0.4, 0.5) is 11.4 Å². The lowest BCUT2D eigenvalue weighted by atomic mass is 9.87. The number of anilines is 2. The molecule has 1 unspecified atom stereocenters. The minimum Gasteiger partial charge on any atom is -0.489 e. The molecule has 0 aromatic heterocycles. The minimum atomic E-state index is -3.86. The van der Waals surface area contributed by atoms with Crippen LogP contribution in [-0.4, -0.2) is 53.2 Å². The summed E-state index contributed by atoms with van der Waals surface area (Å²) in [6.45, 7) is 10.3. The lowest BCUT2D eigenvalue weighted by Gasteiger charge is -2.26. The van der Waals surface area contributed by atoms with Crippen LogP contribution < -0.4 is 19.5 Å². The molecule has 0 radical (unpaired) electrons. The van der Waals surface area contributed by atoms with Gasteiger partial charge in [0, 0.05) is 11.7 Å². The second-order valence-electron chi connectivity index (χ2n) is 10.1. The number of aryl methyl sites for hydroxylation is 1. The average Bonchev–Trinajstić information content (AvgIpc) is 2.71. The number of sulfonamides is 1. The largest absolute Gasteiger partial charge is 0.489 e. The summed E-state index contributed by atoms with van der Waals surface area (Å²) in [5.41, 5.74) is -0.0783. The molecule has 0 aliphatic rings. The van der Waals surface area contributed by atoms with Crippen LogP contribution in [0, 0.1) is 12.3 Å². The summed E-state index contributed by atoms with van der Waals surface area (Å²) in [6.07, 6.45) is -0.0377. The Morgan fingerprint density at radius 2 is 1.43 bits per heavy atom. The van der Waals surface area contributed by atoms with E-state index in [1.165, 1.54) is 12.1 Å². The number of rotatable bonds is 10. The van der Waals surface area contributed by atoms with Crippen molar-refractivity contribution in [3.63, 3.8) is 0 Å². The zero-order valence-electron chi connectivity index (χ0n) is 22.2. The Bertz CT molecular complexity index is 1390. The molecule has 0 saturated carbocycles. The van der Waals surface area contributed by atoms with Crippen LogP contribution in [0.15, 0.2) is 41.3 Å². The second-order valence-corrected chi connectivity index (χ2v) is 13.8. The highest BCUT2D eigenvalue weighted by Crippen LogP contribution is 2.32. The fourth-order valence-electron chi connectivity index (χ4n) is 3.16. The number of benzene rings is 2. The topological polar surface area (TPSA) is 145 Å². The van der Waals surface area contributed by atoms with Crippen molar-refractivity contribution in [2.75, 3.05) is 22.6 Å². The molecule has 1 amide bonds. The predicted octanol–water partition coefficient (Wildman–Crippen LogP) is 3.56. The van der Waals surface area contributed by atoms with E-state index in [2.05, 4.69) is 10.0 Å². The van der Waals surface area contributed by atoms with Crippen molar-refractivity contribution in [3.05, 3.63) is 42.0 Å². The normalized spacial score (nSPS) is 13.1. The van der Waals surface area contributed by atoms with Crippen LogP contribution in [0.25, 0.3) is 0 Å². The first-order valence-electron chi connectivity index (χ1n) is 11.4. The molecular formula is C25H34N2O8S2. The average molecular weight is 555 g/mol. The molecule has 204 valence electrons. The molecule has 0 spiro atoms. The van der Waals surface area contributed by atoms with Crippen LogP contribution in [0.5, 0.6) is 11.5 Å². The molecule has 0 saturated heterocycles. The van der Waals surface area contributed by atoms with Crippen molar-refractivity contribution >= 4 is 42.9 Å². The lowest BCUT2D eigenvalue weighted by Crippen LogP contribution is -2.45. The summed E-state index contributed by atoms with van der Waals surface area (Å²) in [5.74, 6) is -1.19. The molecular weight excluding hydrogens is 520 g/mol. The van der Waals surface area contributed by atoms with Crippen LogP contribution in [-0.2, 0) is 29.4 Å². The third kappa shape index (κ3) is 8.74. The van der Waals surface area contributed by atoms with E-state index in [-0.39, 0.29) is 22.4 Å². The summed E-state index contributed by atoms with van der Waals surface area (Å²) in [6, 6.07) is 8.66. The summed E-state index contributed by atoms with van der Waals surface area (Å²) in [4.78, 5) is 26.6. The Balaban J connectivity index is 2.57. The fraction of sp³-hybridized carbons (Fsp3) is 0.440. The molecule has 0 bridgehead atoms. The van der Waals surface area contributed by atoms with Crippen molar-refractivity contribution < 1.29 is 35.9 Å². The van der Waals surface area contributed by atoms with Gasteiger partial charge in [-0.15, -0.1) is 0 Å². The van der Waals surface area contributed by atoms with E-state index in [4.69, 9.17) is 9.47 Å². The number of sulfone groups is 1. The zero-order chi connectivity index (χ0) is 28.3. The standard InChI is InChI=1S/C25H34N2O8S2/c1-15(2)34-20-11-9-16(3)13-18(20)26-24(29)22(23(28)25(4,5)6)35-21-12-10-17(36(7,30)31)14-19(21)27-37(8,32)33/h9-15,22,27H,1-8H3,(H,26,29). The number of ketones is 1. The zero-order valence-corrected chi connectivity index (χ0v) is 23.8.